The van der Waals surface area contributed by atoms with Crippen LogP contribution in [0.2, 0.25) is 18.1 Å². The van der Waals surface area contributed by atoms with Gasteiger partial charge < -0.3 is 24.1 Å². The third-order valence-corrected chi connectivity index (χ3v) is 18.9. The summed E-state index contributed by atoms with van der Waals surface area (Å²) in [6.45, 7) is 24.5. The lowest BCUT2D eigenvalue weighted by Gasteiger charge is -2.63. The lowest BCUT2D eigenvalue weighted by atomic mass is 9.44. The van der Waals surface area contributed by atoms with Gasteiger partial charge in [-0.15, -0.1) is 0 Å². The minimum atomic E-state index is -1.78. The number of hydrogen-bond acceptors (Lipinski definition) is 5. The molecule has 41 heavy (non-hydrogen) atoms. The number of aliphatic hydroxyl groups excluding tert-OH is 1. The molecule has 2 N–H and O–H groups in total. The van der Waals surface area contributed by atoms with Gasteiger partial charge in [-0.1, -0.05) is 55.4 Å². The van der Waals surface area contributed by atoms with E-state index in [-0.39, 0.29) is 16.4 Å². The highest BCUT2D eigenvalue weighted by molar-refractivity contribution is 6.74. The molecule has 6 heteroatoms. The number of ether oxygens (including phenoxy) is 2. The third kappa shape index (κ3) is 5.05. The maximum atomic E-state index is 12.7. The van der Waals surface area contributed by atoms with Crippen molar-refractivity contribution in [2.45, 2.75) is 161 Å². The molecule has 0 radical (unpaired) electrons. The van der Waals surface area contributed by atoms with Crippen LogP contribution in [0.15, 0.2) is 0 Å². The van der Waals surface area contributed by atoms with Crippen LogP contribution in [-0.2, 0) is 13.9 Å². The molecule has 1 aliphatic heterocycles. The molecule has 1 heterocycles. The SMILES string of the molecule is CC(C)CCC1([C@@H](C)[C@@]2(O)[C@@H](O)C[C@H]3[C@@H]4CC[C@H]5C[C@@H](O[Si](C)(C)C(C)(C)C)CC[C@]5(C)[C@H]4CC[C@@]32C)OCCO1. The molecule has 4 saturated carbocycles. The molecule has 5 aliphatic rings. The predicted octanol–water partition coefficient (Wildman–Crippen LogP) is 7.94. The van der Waals surface area contributed by atoms with E-state index in [1.54, 1.807) is 0 Å². The van der Waals surface area contributed by atoms with Crippen molar-refractivity contribution in [3.63, 3.8) is 0 Å². The molecule has 5 fully saturated rings. The van der Waals surface area contributed by atoms with Gasteiger partial charge >= 0.3 is 0 Å². The van der Waals surface area contributed by atoms with Crippen LogP contribution in [-0.4, -0.2) is 55.3 Å². The fraction of sp³-hybridized carbons (Fsp3) is 1.00. The molecular weight excluding hydrogens is 528 g/mol. The Morgan fingerprint density at radius 3 is 2.20 bits per heavy atom. The van der Waals surface area contributed by atoms with Crippen LogP contribution in [0.1, 0.15) is 120 Å². The summed E-state index contributed by atoms with van der Waals surface area (Å²) in [5.41, 5.74) is -1.21. The van der Waals surface area contributed by atoms with Gasteiger partial charge in [-0.2, -0.15) is 0 Å². The van der Waals surface area contributed by atoms with E-state index in [0.29, 0.717) is 54.8 Å². The minimum absolute atomic E-state index is 0.248. The summed E-state index contributed by atoms with van der Waals surface area (Å²) < 4.78 is 19.7. The topological polar surface area (TPSA) is 68.2 Å². The van der Waals surface area contributed by atoms with E-state index in [4.69, 9.17) is 13.9 Å². The smallest absolute Gasteiger partial charge is 0.192 e. The second-order valence-electron chi connectivity index (χ2n) is 17.6. The first-order valence-corrected chi connectivity index (χ1v) is 20.2. The first-order valence-electron chi connectivity index (χ1n) is 17.3. The van der Waals surface area contributed by atoms with Crippen LogP contribution in [0.4, 0.5) is 0 Å². The molecule has 0 amide bonds. The largest absolute Gasteiger partial charge is 0.414 e. The van der Waals surface area contributed by atoms with Crippen molar-refractivity contribution >= 4 is 8.32 Å². The first-order chi connectivity index (χ1) is 18.9. The van der Waals surface area contributed by atoms with Gasteiger partial charge in [0.2, 0.25) is 0 Å². The number of hydrogen-bond donors (Lipinski definition) is 2. The van der Waals surface area contributed by atoms with Crippen LogP contribution in [0.5, 0.6) is 0 Å². The van der Waals surface area contributed by atoms with Crippen molar-refractivity contribution in [3.05, 3.63) is 0 Å². The second-order valence-corrected chi connectivity index (χ2v) is 22.4. The van der Waals surface area contributed by atoms with Gasteiger partial charge in [0, 0.05) is 23.9 Å². The normalized spacial score (nSPS) is 45.3. The number of fused-ring (bicyclic) bond motifs is 5. The highest BCUT2D eigenvalue weighted by Gasteiger charge is 2.72. The van der Waals surface area contributed by atoms with Crippen molar-refractivity contribution in [1.29, 1.82) is 0 Å². The van der Waals surface area contributed by atoms with Crippen LogP contribution >= 0.6 is 0 Å². The molecule has 5 nitrogen and oxygen atoms in total. The van der Waals surface area contributed by atoms with Crippen molar-refractivity contribution in [2.75, 3.05) is 13.2 Å². The van der Waals surface area contributed by atoms with Crippen LogP contribution in [0.3, 0.4) is 0 Å². The van der Waals surface area contributed by atoms with Gasteiger partial charge in [0.05, 0.1) is 19.3 Å². The Morgan fingerprint density at radius 2 is 1.59 bits per heavy atom. The monoisotopic (exact) mass is 592 g/mol. The Balaban J connectivity index is 1.35. The maximum absolute atomic E-state index is 12.7. The summed E-state index contributed by atoms with van der Waals surface area (Å²) >= 11 is 0. The van der Waals surface area contributed by atoms with E-state index in [9.17, 15) is 10.2 Å². The summed E-state index contributed by atoms with van der Waals surface area (Å²) in [6.07, 6.45) is 10.4. The summed E-state index contributed by atoms with van der Waals surface area (Å²) in [5, 5.41) is 24.8. The molecule has 238 valence electrons. The standard InChI is InChI=1S/C35H64O5Si/c1-23(2)13-18-34(38-19-20-39-34)24(3)35(37)30(36)22-29-27-12-11-25-21-26(40-41(9,10)31(4,5)6)14-16-32(25,7)28(27)15-17-33(29,35)8/h23-30,36-37H,11-22H2,1-10H3/t24-,25+,26+,27-,28+,29+,30+,32+,33+,35-/m1/s1. The fourth-order valence-electron chi connectivity index (χ4n) is 10.7. The molecule has 5 rings (SSSR count). The Hall–Kier alpha value is 0.0169. The highest BCUT2D eigenvalue weighted by Crippen LogP contribution is 2.70. The summed E-state index contributed by atoms with van der Waals surface area (Å²) in [4.78, 5) is 0. The Kier molecular flexibility index (Phi) is 8.56. The second kappa shape index (κ2) is 10.8. The van der Waals surface area contributed by atoms with E-state index in [2.05, 4.69) is 68.5 Å². The zero-order chi connectivity index (χ0) is 30.2. The van der Waals surface area contributed by atoms with Crippen LogP contribution in [0, 0.1) is 46.3 Å². The molecule has 0 unspecified atom stereocenters. The molecule has 0 spiro atoms. The predicted molar refractivity (Wildman–Crippen MR) is 168 cm³/mol. The van der Waals surface area contributed by atoms with Gasteiger partial charge in [0.1, 0.15) is 5.60 Å². The average Bonchev–Trinajstić information content (AvgIpc) is 3.44. The number of aliphatic hydroxyl groups is 2. The first kappa shape index (κ1) is 32.4. The lowest BCUT2D eigenvalue weighted by molar-refractivity contribution is -0.281. The van der Waals surface area contributed by atoms with Crippen molar-refractivity contribution in [2.24, 2.45) is 46.3 Å². The molecule has 0 aromatic heterocycles. The van der Waals surface area contributed by atoms with Gasteiger partial charge in [0.25, 0.3) is 0 Å². The van der Waals surface area contributed by atoms with E-state index in [0.717, 1.165) is 31.6 Å². The van der Waals surface area contributed by atoms with Crippen LogP contribution in [0.25, 0.3) is 0 Å². The molecular formula is C35H64O5Si. The van der Waals surface area contributed by atoms with Crippen molar-refractivity contribution < 1.29 is 24.1 Å². The molecule has 1 saturated heterocycles. The number of rotatable bonds is 7. The zero-order valence-electron chi connectivity index (χ0n) is 28.2. The third-order valence-electron chi connectivity index (χ3n) is 14.3. The molecule has 4 aliphatic carbocycles. The van der Waals surface area contributed by atoms with Gasteiger partial charge in [0.15, 0.2) is 14.1 Å². The average molecular weight is 593 g/mol. The van der Waals surface area contributed by atoms with Gasteiger partial charge in [-0.05, 0) is 111 Å². The van der Waals surface area contributed by atoms with E-state index in [1.807, 2.05) is 0 Å². The quantitative estimate of drug-likeness (QED) is 0.294. The van der Waals surface area contributed by atoms with Gasteiger partial charge in [-0.25, -0.2) is 0 Å². The Morgan fingerprint density at radius 1 is 0.927 bits per heavy atom. The lowest BCUT2D eigenvalue weighted by Crippen LogP contribution is -2.64. The van der Waals surface area contributed by atoms with Crippen molar-refractivity contribution in [1.82, 2.24) is 0 Å². The Labute approximate surface area is 253 Å². The molecule has 0 aromatic carbocycles. The maximum Gasteiger partial charge on any atom is 0.192 e. The summed E-state index contributed by atoms with van der Waals surface area (Å²) in [6, 6.07) is 0. The van der Waals surface area contributed by atoms with Crippen molar-refractivity contribution in [3.8, 4) is 0 Å². The van der Waals surface area contributed by atoms with E-state index < -0.39 is 25.8 Å². The fourth-order valence-corrected chi connectivity index (χ4v) is 12.1. The van der Waals surface area contributed by atoms with E-state index in [1.165, 1.54) is 32.1 Å². The minimum Gasteiger partial charge on any atom is -0.414 e. The van der Waals surface area contributed by atoms with Gasteiger partial charge in [-0.3, -0.25) is 0 Å². The summed E-state index contributed by atoms with van der Waals surface area (Å²) in [5.74, 6) is 1.75. The van der Waals surface area contributed by atoms with Crippen LogP contribution < -0.4 is 0 Å². The summed E-state index contributed by atoms with van der Waals surface area (Å²) in [7, 11) is -1.78. The van der Waals surface area contributed by atoms with E-state index >= 15 is 0 Å². The molecule has 0 bridgehead atoms. The zero-order valence-corrected chi connectivity index (χ0v) is 29.2. The Bertz CT molecular complexity index is 939. The highest BCUT2D eigenvalue weighted by atomic mass is 28.4. The molecule has 0 aromatic rings. The molecule has 10 atom stereocenters.